The zero-order valence-corrected chi connectivity index (χ0v) is 10.4. The van der Waals surface area contributed by atoms with Crippen LogP contribution in [0.1, 0.15) is 17.2 Å². The molecule has 0 radical (unpaired) electrons. The van der Waals surface area contributed by atoms with Gasteiger partial charge in [0, 0.05) is 5.69 Å². The summed E-state index contributed by atoms with van der Waals surface area (Å²) in [7, 11) is 0. The van der Waals surface area contributed by atoms with Crippen molar-refractivity contribution in [1.82, 2.24) is 0 Å². The summed E-state index contributed by atoms with van der Waals surface area (Å²) in [5, 5.41) is 11.8. The van der Waals surface area contributed by atoms with E-state index in [-0.39, 0.29) is 12.5 Å². The van der Waals surface area contributed by atoms with Crippen molar-refractivity contribution in [3.8, 4) is 0 Å². The Hall–Kier alpha value is -2.17. The summed E-state index contributed by atoms with van der Waals surface area (Å²) in [6, 6.07) is 15.5. The van der Waals surface area contributed by atoms with E-state index in [0.717, 1.165) is 11.1 Å². The Morgan fingerprint density at radius 2 is 1.89 bits per heavy atom. The van der Waals surface area contributed by atoms with E-state index in [9.17, 15) is 4.79 Å². The quantitative estimate of drug-likeness (QED) is 0.781. The van der Waals surface area contributed by atoms with E-state index < -0.39 is 6.04 Å². The molecule has 98 valence electrons. The minimum Gasteiger partial charge on any atom is -0.392 e. The molecule has 0 saturated carbocycles. The van der Waals surface area contributed by atoms with Crippen LogP contribution in [0.5, 0.6) is 0 Å². The van der Waals surface area contributed by atoms with Gasteiger partial charge in [0.2, 0.25) is 5.91 Å². The molecule has 2 aromatic carbocycles. The summed E-state index contributed by atoms with van der Waals surface area (Å²) >= 11 is 0. The summed E-state index contributed by atoms with van der Waals surface area (Å²) in [5.74, 6) is -0.277. The van der Waals surface area contributed by atoms with Crippen molar-refractivity contribution in [2.45, 2.75) is 12.6 Å². The molecule has 0 heterocycles. The first kappa shape index (κ1) is 13.3. The Morgan fingerprint density at radius 3 is 2.58 bits per heavy atom. The van der Waals surface area contributed by atoms with Crippen LogP contribution in [-0.4, -0.2) is 11.0 Å². The fourth-order valence-electron chi connectivity index (χ4n) is 1.78. The Kier molecular flexibility index (Phi) is 4.28. The molecule has 0 bridgehead atoms. The van der Waals surface area contributed by atoms with Gasteiger partial charge >= 0.3 is 0 Å². The van der Waals surface area contributed by atoms with Crippen molar-refractivity contribution < 1.29 is 9.90 Å². The maximum absolute atomic E-state index is 12.0. The van der Waals surface area contributed by atoms with Gasteiger partial charge in [-0.2, -0.15) is 0 Å². The number of rotatable bonds is 4. The molecule has 0 spiro atoms. The molecule has 0 saturated heterocycles. The van der Waals surface area contributed by atoms with Gasteiger partial charge in [-0.3, -0.25) is 4.79 Å². The summed E-state index contributed by atoms with van der Waals surface area (Å²) in [5.41, 5.74) is 8.03. The number of amides is 1. The van der Waals surface area contributed by atoms with Gasteiger partial charge in [-0.15, -0.1) is 0 Å². The summed E-state index contributed by atoms with van der Waals surface area (Å²) in [4.78, 5) is 12.0. The zero-order chi connectivity index (χ0) is 13.7. The predicted octanol–water partition coefficient (Wildman–Crippen LogP) is 1.82. The van der Waals surface area contributed by atoms with E-state index in [1.165, 1.54) is 0 Å². The van der Waals surface area contributed by atoms with Crippen molar-refractivity contribution in [2.75, 3.05) is 5.32 Å². The minimum absolute atomic E-state index is 0.0611. The van der Waals surface area contributed by atoms with E-state index in [2.05, 4.69) is 5.32 Å². The number of carbonyl (C=O) groups is 1. The molecule has 2 rings (SSSR count). The SMILES string of the molecule is N[C@H](C(=O)Nc1cccc(CO)c1)c1ccccc1. The Morgan fingerprint density at radius 1 is 1.16 bits per heavy atom. The van der Waals surface area contributed by atoms with Crippen LogP contribution < -0.4 is 11.1 Å². The first-order valence-electron chi connectivity index (χ1n) is 6.02. The van der Waals surface area contributed by atoms with Gasteiger partial charge in [0.25, 0.3) is 0 Å². The Bertz CT molecular complexity index is 555. The van der Waals surface area contributed by atoms with Gasteiger partial charge in [0.05, 0.1) is 6.61 Å². The number of hydrogen-bond acceptors (Lipinski definition) is 3. The second-order valence-corrected chi connectivity index (χ2v) is 4.24. The number of nitrogens with two attached hydrogens (primary N) is 1. The highest BCUT2D eigenvalue weighted by molar-refractivity contribution is 5.95. The second-order valence-electron chi connectivity index (χ2n) is 4.24. The monoisotopic (exact) mass is 256 g/mol. The van der Waals surface area contributed by atoms with Crippen LogP contribution in [0.2, 0.25) is 0 Å². The van der Waals surface area contributed by atoms with Gasteiger partial charge in [0.15, 0.2) is 0 Å². The van der Waals surface area contributed by atoms with Gasteiger partial charge < -0.3 is 16.2 Å². The zero-order valence-electron chi connectivity index (χ0n) is 10.4. The van der Waals surface area contributed by atoms with E-state index in [1.54, 1.807) is 24.3 Å². The maximum atomic E-state index is 12.0. The maximum Gasteiger partial charge on any atom is 0.245 e. The van der Waals surface area contributed by atoms with Crippen LogP contribution in [-0.2, 0) is 11.4 Å². The Balaban J connectivity index is 2.08. The van der Waals surface area contributed by atoms with Crippen molar-refractivity contribution in [2.24, 2.45) is 5.73 Å². The predicted molar refractivity (Wildman–Crippen MR) is 74.4 cm³/mol. The molecule has 0 aliphatic heterocycles. The largest absolute Gasteiger partial charge is 0.392 e. The van der Waals surface area contributed by atoms with E-state index in [0.29, 0.717) is 5.69 Å². The van der Waals surface area contributed by atoms with Gasteiger partial charge in [-0.1, -0.05) is 42.5 Å². The summed E-state index contributed by atoms with van der Waals surface area (Å²) < 4.78 is 0. The molecule has 0 unspecified atom stereocenters. The lowest BCUT2D eigenvalue weighted by Gasteiger charge is -2.13. The third-order valence-corrected chi connectivity index (χ3v) is 2.82. The summed E-state index contributed by atoms with van der Waals surface area (Å²) in [6.07, 6.45) is 0. The van der Waals surface area contributed by atoms with Crippen molar-refractivity contribution >= 4 is 11.6 Å². The van der Waals surface area contributed by atoms with Crippen LogP contribution in [0.15, 0.2) is 54.6 Å². The Labute approximate surface area is 111 Å². The number of hydrogen-bond donors (Lipinski definition) is 3. The molecule has 0 aliphatic rings. The molecule has 4 nitrogen and oxygen atoms in total. The van der Waals surface area contributed by atoms with Gasteiger partial charge in [0.1, 0.15) is 6.04 Å². The number of nitrogens with one attached hydrogen (secondary N) is 1. The molecule has 4 heteroatoms. The smallest absolute Gasteiger partial charge is 0.245 e. The van der Waals surface area contributed by atoms with Crippen LogP contribution in [0.3, 0.4) is 0 Å². The molecular weight excluding hydrogens is 240 g/mol. The van der Waals surface area contributed by atoms with Crippen LogP contribution >= 0.6 is 0 Å². The highest BCUT2D eigenvalue weighted by Gasteiger charge is 2.15. The lowest BCUT2D eigenvalue weighted by Crippen LogP contribution is -2.27. The van der Waals surface area contributed by atoms with E-state index in [4.69, 9.17) is 10.8 Å². The van der Waals surface area contributed by atoms with Gasteiger partial charge in [-0.25, -0.2) is 0 Å². The van der Waals surface area contributed by atoms with Crippen molar-refractivity contribution in [1.29, 1.82) is 0 Å². The topological polar surface area (TPSA) is 75.4 Å². The normalized spacial score (nSPS) is 11.9. The lowest BCUT2D eigenvalue weighted by molar-refractivity contribution is -0.117. The number of aliphatic hydroxyl groups excluding tert-OH is 1. The first-order chi connectivity index (χ1) is 9.20. The molecule has 4 N–H and O–H groups in total. The highest BCUT2D eigenvalue weighted by Crippen LogP contribution is 2.15. The van der Waals surface area contributed by atoms with Crippen LogP contribution in [0, 0.1) is 0 Å². The third kappa shape index (κ3) is 3.40. The molecule has 1 atom stereocenters. The van der Waals surface area contributed by atoms with E-state index >= 15 is 0 Å². The first-order valence-corrected chi connectivity index (χ1v) is 6.02. The number of carbonyl (C=O) groups excluding carboxylic acids is 1. The fourth-order valence-corrected chi connectivity index (χ4v) is 1.78. The molecule has 0 fully saturated rings. The van der Waals surface area contributed by atoms with Crippen LogP contribution in [0.4, 0.5) is 5.69 Å². The number of aliphatic hydroxyl groups is 1. The molecule has 0 aliphatic carbocycles. The molecule has 19 heavy (non-hydrogen) atoms. The number of benzene rings is 2. The fraction of sp³-hybridized carbons (Fsp3) is 0.133. The molecular formula is C15H16N2O2. The highest BCUT2D eigenvalue weighted by atomic mass is 16.3. The van der Waals surface area contributed by atoms with Crippen molar-refractivity contribution in [3.05, 3.63) is 65.7 Å². The average Bonchev–Trinajstić information content (AvgIpc) is 2.47. The second kappa shape index (κ2) is 6.13. The minimum atomic E-state index is -0.709. The number of anilines is 1. The van der Waals surface area contributed by atoms with Crippen LogP contribution in [0.25, 0.3) is 0 Å². The third-order valence-electron chi connectivity index (χ3n) is 2.82. The lowest BCUT2D eigenvalue weighted by atomic mass is 10.1. The summed E-state index contributed by atoms with van der Waals surface area (Å²) in [6.45, 7) is -0.0611. The van der Waals surface area contributed by atoms with Gasteiger partial charge in [-0.05, 0) is 23.3 Å². The van der Waals surface area contributed by atoms with E-state index in [1.807, 2.05) is 30.3 Å². The molecule has 1 amide bonds. The average molecular weight is 256 g/mol. The standard InChI is InChI=1S/C15H16N2O2/c16-14(12-6-2-1-3-7-12)15(19)17-13-8-4-5-11(9-13)10-18/h1-9,14,18H,10,16H2,(H,17,19)/t14-/m0/s1. The molecule has 2 aromatic rings. The van der Waals surface area contributed by atoms with Crippen molar-refractivity contribution in [3.63, 3.8) is 0 Å². The molecule has 0 aromatic heterocycles.